The van der Waals surface area contributed by atoms with E-state index in [1.807, 2.05) is 0 Å². The summed E-state index contributed by atoms with van der Waals surface area (Å²) in [6.07, 6.45) is 3.46. The van der Waals surface area contributed by atoms with E-state index in [1.165, 1.54) is 28.0 Å². The van der Waals surface area contributed by atoms with E-state index in [9.17, 15) is 0 Å². The summed E-state index contributed by atoms with van der Waals surface area (Å²) in [6, 6.07) is 6.28. The minimum atomic E-state index is 0.307. The van der Waals surface area contributed by atoms with E-state index in [0.29, 0.717) is 5.28 Å². The van der Waals surface area contributed by atoms with Crippen LogP contribution in [0.4, 0.5) is 11.5 Å². The molecular weight excluding hydrogens is 338 g/mol. The first-order valence-corrected chi connectivity index (χ1v) is 9.53. The number of nitrogens with one attached hydrogen (secondary N) is 1. The van der Waals surface area contributed by atoms with Crippen molar-refractivity contribution in [3.63, 3.8) is 0 Å². The fraction of sp³-hybridized carbons (Fsp3) is 0.368. The molecule has 0 saturated carbocycles. The van der Waals surface area contributed by atoms with Crippen LogP contribution in [-0.4, -0.2) is 9.97 Å². The van der Waals surface area contributed by atoms with Crippen LogP contribution in [0.1, 0.15) is 34.9 Å². The number of anilines is 2. The molecule has 1 N–H and O–H groups in total. The number of halogens is 1. The molecule has 0 saturated heterocycles. The van der Waals surface area contributed by atoms with Gasteiger partial charge in [0, 0.05) is 10.6 Å². The molecule has 1 unspecified atom stereocenters. The van der Waals surface area contributed by atoms with Gasteiger partial charge in [0.05, 0.1) is 5.39 Å². The highest BCUT2D eigenvalue weighted by atomic mass is 35.5. The second-order valence-electron chi connectivity index (χ2n) is 6.75. The number of aromatic nitrogens is 2. The molecule has 3 nitrogen and oxygen atoms in total. The zero-order chi connectivity index (χ0) is 16.8. The molecule has 2 aromatic heterocycles. The number of rotatable bonds is 2. The van der Waals surface area contributed by atoms with Gasteiger partial charge in [0.1, 0.15) is 10.6 Å². The van der Waals surface area contributed by atoms with Crippen LogP contribution >= 0.6 is 22.9 Å². The van der Waals surface area contributed by atoms with Crippen molar-refractivity contribution in [2.75, 3.05) is 5.32 Å². The maximum absolute atomic E-state index is 6.20. The smallest absolute Gasteiger partial charge is 0.225 e. The van der Waals surface area contributed by atoms with Gasteiger partial charge in [0.25, 0.3) is 0 Å². The predicted octanol–water partition coefficient (Wildman–Crippen LogP) is 5.83. The number of benzene rings is 1. The van der Waals surface area contributed by atoms with Crippen LogP contribution in [0.15, 0.2) is 18.2 Å². The van der Waals surface area contributed by atoms with Crippen molar-refractivity contribution in [2.24, 2.45) is 5.92 Å². The molecule has 124 valence electrons. The Hall–Kier alpha value is -1.65. The zero-order valence-electron chi connectivity index (χ0n) is 14.1. The van der Waals surface area contributed by atoms with E-state index in [1.54, 1.807) is 11.3 Å². The average molecular weight is 358 g/mol. The van der Waals surface area contributed by atoms with Gasteiger partial charge in [-0.2, -0.15) is 4.98 Å². The van der Waals surface area contributed by atoms with Gasteiger partial charge in [-0.3, -0.25) is 0 Å². The van der Waals surface area contributed by atoms with E-state index >= 15 is 0 Å². The highest BCUT2D eigenvalue weighted by molar-refractivity contribution is 7.19. The summed E-state index contributed by atoms with van der Waals surface area (Å²) in [5.74, 6) is 1.58. The van der Waals surface area contributed by atoms with E-state index in [4.69, 9.17) is 11.6 Å². The van der Waals surface area contributed by atoms with Crippen molar-refractivity contribution in [1.82, 2.24) is 9.97 Å². The SMILES string of the molecule is Cc1cccc(Nc2nc(Cl)nc3sc4c(c23)CCC(C)C4)c1C. The lowest BCUT2D eigenvalue weighted by atomic mass is 9.89. The lowest BCUT2D eigenvalue weighted by Gasteiger charge is -2.18. The Morgan fingerprint density at radius 1 is 1.25 bits per heavy atom. The molecule has 0 spiro atoms. The fourth-order valence-corrected chi connectivity index (χ4v) is 5.02. The third kappa shape index (κ3) is 2.68. The molecule has 1 aromatic carbocycles. The molecule has 24 heavy (non-hydrogen) atoms. The van der Waals surface area contributed by atoms with E-state index < -0.39 is 0 Å². The molecule has 0 radical (unpaired) electrons. The number of hydrogen-bond donors (Lipinski definition) is 1. The molecular formula is C19H20ClN3S. The largest absolute Gasteiger partial charge is 0.339 e. The Kier molecular flexibility index (Phi) is 3.97. The first-order chi connectivity index (χ1) is 11.5. The van der Waals surface area contributed by atoms with Crippen molar-refractivity contribution < 1.29 is 0 Å². The van der Waals surface area contributed by atoms with Gasteiger partial charge < -0.3 is 5.32 Å². The van der Waals surface area contributed by atoms with Gasteiger partial charge >= 0.3 is 0 Å². The highest BCUT2D eigenvalue weighted by Gasteiger charge is 2.24. The monoisotopic (exact) mass is 357 g/mol. The Morgan fingerprint density at radius 3 is 2.92 bits per heavy atom. The second-order valence-corrected chi connectivity index (χ2v) is 8.17. The van der Waals surface area contributed by atoms with Crippen molar-refractivity contribution in [3.8, 4) is 0 Å². The lowest BCUT2D eigenvalue weighted by molar-refractivity contribution is 0.509. The Bertz CT molecular complexity index is 932. The number of aryl methyl sites for hydroxylation is 2. The minimum Gasteiger partial charge on any atom is -0.339 e. The van der Waals surface area contributed by atoms with Gasteiger partial charge in [-0.05, 0) is 73.4 Å². The van der Waals surface area contributed by atoms with Crippen LogP contribution in [-0.2, 0) is 12.8 Å². The van der Waals surface area contributed by atoms with Crippen LogP contribution in [0, 0.1) is 19.8 Å². The average Bonchev–Trinajstić information content (AvgIpc) is 2.88. The molecule has 1 aliphatic carbocycles. The van der Waals surface area contributed by atoms with Gasteiger partial charge in [0.2, 0.25) is 5.28 Å². The first kappa shape index (κ1) is 15.9. The van der Waals surface area contributed by atoms with Crippen molar-refractivity contribution in [2.45, 2.75) is 40.0 Å². The summed E-state index contributed by atoms with van der Waals surface area (Å²) >= 11 is 7.97. The van der Waals surface area contributed by atoms with Crippen LogP contribution in [0.25, 0.3) is 10.2 Å². The molecule has 0 amide bonds. The zero-order valence-corrected chi connectivity index (χ0v) is 15.7. The third-order valence-electron chi connectivity index (χ3n) is 4.99. The summed E-state index contributed by atoms with van der Waals surface area (Å²) in [7, 11) is 0. The Labute approximate surface area is 151 Å². The topological polar surface area (TPSA) is 37.8 Å². The number of hydrogen-bond acceptors (Lipinski definition) is 4. The fourth-order valence-electron chi connectivity index (χ4n) is 3.42. The number of fused-ring (bicyclic) bond motifs is 3. The molecule has 0 fully saturated rings. The van der Waals surface area contributed by atoms with Crippen LogP contribution < -0.4 is 5.32 Å². The van der Waals surface area contributed by atoms with Crippen molar-refractivity contribution in [3.05, 3.63) is 45.1 Å². The van der Waals surface area contributed by atoms with E-state index in [-0.39, 0.29) is 0 Å². The normalized spacial score (nSPS) is 17.1. The Morgan fingerprint density at radius 2 is 2.08 bits per heavy atom. The van der Waals surface area contributed by atoms with Gasteiger partial charge in [-0.15, -0.1) is 11.3 Å². The standard InChI is InChI=1S/C19H20ClN3S/c1-10-7-8-13-15(9-10)24-18-16(13)17(22-19(20)23-18)21-14-6-4-5-11(2)12(14)3/h4-6,10H,7-9H2,1-3H3,(H,21,22,23). The second kappa shape index (κ2) is 6.01. The molecule has 3 aromatic rings. The Balaban J connectivity index is 1.87. The van der Waals surface area contributed by atoms with E-state index in [0.717, 1.165) is 40.5 Å². The highest BCUT2D eigenvalue weighted by Crippen LogP contribution is 2.41. The summed E-state index contributed by atoms with van der Waals surface area (Å²) in [4.78, 5) is 11.4. The van der Waals surface area contributed by atoms with Gasteiger partial charge in [0.15, 0.2) is 0 Å². The summed E-state index contributed by atoms with van der Waals surface area (Å²) in [5, 5.41) is 4.98. The molecule has 0 aliphatic heterocycles. The number of nitrogens with zero attached hydrogens (tertiary/aromatic N) is 2. The molecule has 1 atom stereocenters. The number of thiophene rings is 1. The maximum atomic E-state index is 6.20. The lowest BCUT2D eigenvalue weighted by Crippen LogP contribution is -2.09. The van der Waals surface area contributed by atoms with Crippen LogP contribution in [0.3, 0.4) is 0 Å². The first-order valence-electron chi connectivity index (χ1n) is 8.34. The maximum Gasteiger partial charge on any atom is 0.225 e. The summed E-state index contributed by atoms with van der Waals surface area (Å²) < 4.78 is 0. The molecule has 0 bridgehead atoms. The van der Waals surface area contributed by atoms with Crippen LogP contribution in [0.5, 0.6) is 0 Å². The quantitative estimate of drug-likeness (QED) is 0.586. The molecule has 2 heterocycles. The van der Waals surface area contributed by atoms with Crippen molar-refractivity contribution >= 4 is 44.7 Å². The molecule has 5 heteroatoms. The minimum absolute atomic E-state index is 0.307. The van der Waals surface area contributed by atoms with Crippen LogP contribution in [0.2, 0.25) is 5.28 Å². The molecule has 4 rings (SSSR count). The van der Waals surface area contributed by atoms with Gasteiger partial charge in [-0.1, -0.05) is 19.1 Å². The van der Waals surface area contributed by atoms with Crippen molar-refractivity contribution in [1.29, 1.82) is 0 Å². The van der Waals surface area contributed by atoms with Gasteiger partial charge in [-0.25, -0.2) is 4.98 Å². The molecule has 1 aliphatic rings. The third-order valence-corrected chi connectivity index (χ3v) is 6.30. The predicted molar refractivity (Wildman–Crippen MR) is 103 cm³/mol. The van der Waals surface area contributed by atoms with E-state index in [2.05, 4.69) is 54.3 Å². The summed E-state index contributed by atoms with van der Waals surface area (Å²) in [6.45, 7) is 6.57. The summed E-state index contributed by atoms with van der Waals surface area (Å²) in [5.41, 5.74) is 4.99.